The molecule has 2 N–H and O–H groups in total. The summed E-state index contributed by atoms with van der Waals surface area (Å²) < 4.78 is 13.3. The maximum atomic E-state index is 13.3. The number of thiazole rings is 1. The van der Waals surface area contributed by atoms with Gasteiger partial charge < -0.3 is 10.4 Å². The second-order valence-electron chi connectivity index (χ2n) is 12.0. The zero-order valence-corrected chi connectivity index (χ0v) is 21.4. The van der Waals surface area contributed by atoms with Gasteiger partial charge >= 0.3 is 0 Å². The van der Waals surface area contributed by atoms with Crippen molar-refractivity contribution >= 4 is 27.7 Å². The van der Waals surface area contributed by atoms with Crippen LogP contribution in [0.5, 0.6) is 0 Å². The molecule has 1 heterocycles. The molecule has 5 heteroatoms. The summed E-state index contributed by atoms with van der Waals surface area (Å²) in [5.74, 6) is 3.18. The second kappa shape index (κ2) is 8.16. The number of benzene rings is 1. The number of nitrogens with zero attached hydrogens (tertiary/aromatic N) is 1. The van der Waals surface area contributed by atoms with Crippen LogP contribution in [0.4, 0.5) is 15.2 Å². The minimum Gasteiger partial charge on any atom is -0.396 e. The molecule has 2 aromatic rings. The smallest absolute Gasteiger partial charge is 0.187 e. The van der Waals surface area contributed by atoms with E-state index in [1.165, 1.54) is 61.2 Å². The number of nitrogens with one attached hydrogen (secondary N) is 1. The van der Waals surface area contributed by atoms with Crippen LogP contribution in [-0.4, -0.2) is 16.7 Å². The number of anilines is 2. The molecule has 2 saturated carbocycles. The van der Waals surface area contributed by atoms with Crippen LogP contribution in [0.1, 0.15) is 69.9 Å². The molecule has 0 amide bonds. The minimum atomic E-state index is -0.218. The van der Waals surface area contributed by atoms with Gasteiger partial charge in [0, 0.05) is 12.3 Å². The maximum Gasteiger partial charge on any atom is 0.187 e. The third-order valence-electron chi connectivity index (χ3n) is 10.4. The summed E-state index contributed by atoms with van der Waals surface area (Å²) in [6.45, 7) is 7.67. The first-order valence-corrected chi connectivity index (χ1v) is 14.0. The van der Waals surface area contributed by atoms with Gasteiger partial charge in [0.05, 0.1) is 10.6 Å². The Labute approximate surface area is 206 Å². The number of aryl methyl sites for hydroxylation is 1. The Morgan fingerprint density at radius 2 is 1.94 bits per heavy atom. The molecule has 0 saturated heterocycles. The normalized spacial score (nSPS) is 37.1. The molecule has 4 aliphatic carbocycles. The summed E-state index contributed by atoms with van der Waals surface area (Å²) in [5, 5.41) is 14.2. The second-order valence-corrected chi connectivity index (χ2v) is 13.0. The van der Waals surface area contributed by atoms with Crippen molar-refractivity contribution in [1.29, 1.82) is 0 Å². The van der Waals surface area contributed by atoms with Gasteiger partial charge in [-0.05, 0) is 115 Å². The monoisotopic (exact) mass is 480 g/mol. The number of aliphatic hydroxyl groups excluding tert-OH is 1. The van der Waals surface area contributed by atoms with E-state index in [1.807, 2.05) is 0 Å². The molecule has 0 radical (unpaired) electrons. The highest BCUT2D eigenvalue weighted by molar-refractivity contribution is 7.16. The molecule has 182 valence electrons. The fourth-order valence-corrected chi connectivity index (χ4v) is 9.90. The lowest BCUT2D eigenvalue weighted by molar-refractivity contribution is -0.0430. The molecule has 0 spiro atoms. The molecule has 4 aliphatic rings. The molecule has 1 aromatic carbocycles. The number of aromatic nitrogens is 1. The Kier molecular flexibility index (Phi) is 5.46. The fourth-order valence-electron chi connectivity index (χ4n) is 8.69. The number of rotatable bonds is 4. The lowest BCUT2D eigenvalue weighted by Crippen LogP contribution is -2.50. The van der Waals surface area contributed by atoms with Crippen LogP contribution in [0.2, 0.25) is 0 Å². The molecule has 3 nitrogen and oxygen atoms in total. The summed E-state index contributed by atoms with van der Waals surface area (Å²) in [6.07, 6.45) is 11.2. The van der Waals surface area contributed by atoms with Gasteiger partial charge in [0.2, 0.25) is 0 Å². The zero-order valence-electron chi connectivity index (χ0n) is 20.6. The quantitative estimate of drug-likeness (QED) is 0.478. The van der Waals surface area contributed by atoms with Crippen molar-refractivity contribution in [2.24, 2.45) is 40.4 Å². The van der Waals surface area contributed by atoms with Crippen LogP contribution in [0.25, 0.3) is 5.57 Å². The summed E-state index contributed by atoms with van der Waals surface area (Å²) in [7, 11) is 0. The lowest BCUT2D eigenvalue weighted by Gasteiger charge is -2.57. The zero-order chi connectivity index (χ0) is 23.7. The van der Waals surface area contributed by atoms with Gasteiger partial charge in [0.15, 0.2) is 5.13 Å². The molecular formula is C29H37FN2OS. The Bertz CT molecular complexity index is 1110. The molecule has 0 aliphatic heterocycles. The third-order valence-corrected chi connectivity index (χ3v) is 11.5. The number of fused-ring (bicyclic) bond motifs is 7. The summed E-state index contributed by atoms with van der Waals surface area (Å²) in [6, 6.07) is 6.52. The number of allylic oxidation sites excluding steroid dienone is 2. The molecule has 1 aromatic heterocycles. The van der Waals surface area contributed by atoms with E-state index in [-0.39, 0.29) is 11.2 Å². The van der Waals surface area contributed by atoms with E-state index < -0.39 is 0 Å². The predicted octanol–water partition coefficient (Wildman–Crippen LogP) is 7.45. The molecule has 34 heavy (non-hydrogen) atoms. The first-order chi connectivity index (χ1) is 16.3. The minimum absolute atomic E-state index is 0.218. The first-order valence-electron chi connectivity index (χ1n) is 13.2. The Morgan fingerprint density at radius 3 is 2.71 bits per heavy atom. The SMILES string of the molecule is C[C@H](CO)[C@H]1CC[C@H]2[C@@H]3CC=C4c5sc(Nc6ccc(F)cc6)nc5CC[C@]4(C)[C@H]3CC[C@]12C. The number of halogens is 1. The van der Waals surface area contributed by atoms with Crippen molar-refractivity contribution in [1.82, 2.24) is 4.98 Å². The van der Waals surface area contributed by atoms with Crippen LogP contribution < -0.4 is 5.32 Å². The van der Waals surface area contributed by atoms with Crippen LogP contribution in [0.15, 0.2) is 30.3 Å². The molecule has 0 unspecified atom stereocenters. The van der Waals surface area contributed by atoms with E-state index in [2.05, 4.69) is 32.2 Å². The van der Waals surface area contributed by atoms with Gasteiger partial charge in [0.1, 0.15) is 5.82 Å². The highest BCUT2D eigenvalue weighted by atomic mass is 32.1. The average Bonchev–Trinajstić information content (AvgIpc) is 3.40. The van der Waals surface area contributed by atoms with Crippen molar-refractivity contribution in [2.75, 3.05) is 11.9 Å². The van der Waals surface area contributed by atoms with Gasteiger partial charge in [-0.3, -0.25) is 0 Å². The fraction of sp³-hybridized carbons (Fsp3) is 0.621. The van der Waals surface area contributed by atoms with Crippen LogP contribution in [-0.2, 0) is 6.42 Å². The van der Waals surface area contributed by atoms with Crippen molar-refractivity contribution in [3.8, 4) is 0 Å². The molecule has 2 fully saturated rings. The van der Waals surface area contributed by atoms with Crippen LogP contribution in [0, 0.1) is 46.2 Å². The van der Waals surface area contributed by atoms with Gasteiger partial charge in [-0.2, -0.15) is 0 Å². The summed E-state index contributed by atoms with van der Waals surface area (Å²) >= 11 is 1.77. The predicted molar refractivity (Wildman–Crippen MR) is 138 cm³/mol. The van der Waals surface area contributed by atoms with Crippen molar-refractivity contribution in [3.05, 3.63) is 46.7 Å². The lowest BCUT2D eigenvalue weighted by atomic mass is 9.47. The van der Waals surface area contributed by atoms with E-state index in [4.69, 9.17) is 4.98 Å². The third kappa shape index (κ3) is 3.33. The van der Waals surface area contributed by atoms with Crippen molar-refractivity contribution in [2.45, 2.75) is 65.7 Å². The standard InChI is InChI=1S/C29H37FN2OS/c1-17(16-33)21-10-11-22-20-8-9-24-26-25(13-15-29(24,3)23(20)12-14-28(21,22)2)32-27(34-26)31-19-6-4-18(30)5-7-19/h4-7,9,17,20-23,33H,8,10-16H2,1-3H3,(H,31,32)/t17-,20+,21-,22+,23+,28-,29-/m1/s1. The van der Waals surface area contributed by atoms with Gasteiger partial charge in [-0.15, -0.1) is 0 Å². The maximum absolute atomic E-state index is 13.3. The first kappa shape index (κ1) is 22.7. The Balaban J connectivity index is 1.29. The number of hydrogen-bond acceptors (Lipinski definition) is 4. The number of aliphatic hydroxyl groups is 1. The largest absolute Gasteiger partial charge is 0.396 e. The van der Waals surface area contributed by atoms with E-state index in [1.54, 1.807) is 29.0 Å². The Hall–Kier alpha value is -1.72. The van der Waals surface area contributed by atoms with E-state index >= 15 is 0 Å². The van der Waals surface area contributed by atoms with Crippen molar-refractivity contribution in [3.63, 3.8) is 0 Å². The molecular weight excluding hydrogens is 443 g/mol. The molecule has 6 rings (SSSR count). The number of hydrogen-bond donors (Lipinski definition) is 2. The van der Waals surface area contributed by atoms with Crippen LogP contribution in [0.3, 0.4) is 0 Å². The van der Waals surface area contributed by atoms with Crippen LogP contribution >= 0.6 is 11.3 Å². The average molecular weight is 481 g/mol. The topological polar surface area (TPSA) is 45.1 Å². The van der Waals surface area contributed by atoms with Gasteiger partial charge in [-0.25, -0.2) is 9.37 Å². The molecule has 7 atom stereocenters. The summed E-state index contributed by atoms with van der Waals surface area (Å²) in [4.78, 5) is 6.32. The van der Waals surface area contributed by atoms with Gasteiger partial charge in [0.25, 0.3) is 0 Å². The van der Waals surface area contributed by atoms with Gasteiger partial charge in [-0.1, -0.05) is 38.2 Å². The summed E-state index contributed by atoms with van der Waals surface area (Å²) in [5.41, 5.74) is 4.28. The Morgan fingerprint density at radius 1 is 1.15 bits per heavy atom. The highest BCUT2D eigenvalue weighted by Crippen LogP contribution is 2.68. The highest BCUT2D eigenvalue weighted by Gasteiger charge is 2.59. The van der Waals surface area contributed by atoms with E-state index in [9.17, 15) is 9.50 Å². The molecule has 0 bridgehead atoms. The van der Waals surface area contributed by atoms with E-state index in [0.29, 0.717) is 23.9 Å². The van der Waals surface area contributed by atoms with Crippen molar-refractivity contribution < 1.29 is 9.50 Å². The van der Waals surface area contributed by atoms with E-state index in [0.717, 1.165) is 35.0 Å².